The molecule has 0 aliphatic heterocycles. The highest BCUT2D eigenvalue weighted by molar-refractivity contribution is 9.10. The van der Waals surface area contributed by atoms with Gasteiger partial charge >= 0.3 is 0 Å². The van der Waals surface area contributed by atoms with E-state index in [9.17, 15) is 0 Å². The molecule has 0 saturated heterocycles. The summed E-state index contributed by atoms with van der Waals surface area (Å²) in [6.07, 6.45) is 1.80. The number of nitrogens with zero attached hydrogens (tertiary/aromatic N) is 1. The van der Waals surface area contributed by atoms with Crippen molar-refractivity contribution in [1.82, 2.24) is 4.98 Å². The van der Waals surface area contributed by atoms with Gasteiger partial charge in [-0.1, -0.05) is 0 Å². The third-order valence-corrected chi connectivity index (χ3v) is 2.66. The highest BCUT2D eigenvalue weighted by Gasteiger charge is 1.99. The van der Waals surface area contributed by atoms with Gasteiger partial charge in [0.25, 0.3) is 0 Å². The molecule has 0 atom stereocenters. The van der Waals surface area contributed by atoms with E-state index < -0.39 is 0 Å². The van der Waals surface area contributed by atoms with E-state index in [-0.39, 0.29) is 0 Å². The van der Waals surface area contributed by atoms with Crippen LogP contribution in [0.1, 0.15) is 6.92 Å². The van der Waals surface area contributed by atoms with Crippen LogP contribution in [-0.2, 0) is 0 Å². The molecule has 82 valence electrons. The van der Waals surface area contributed by atoms with Crippen LogP contribution < -0.4 is 4.74 Å². The summed E-state index contributed by atoms with van der Waals surface area (Å²) in [5.74, 6) is 0.892. The summed E-state index contributed by atoms with van der Waals surface area (Å²) < 4.78 is 6.38. The summed E-state index contributed by atoms with van der Waals surface area (Å²) in [7, 11) is 0. The highest BCUT2D eigenvalue weighted by Crippen LogP contribution is 2.21. The summed E-state index contributed by atoms with van der Waals surface area (Å²) >= 11 is 3.37. The Morgan fingerprint density at radius 2 is 1.88 bits per heavy atom. The van der Waals surface area contributed by atoms with Crippen molar-refractivity contribution in [2.75, 3.05) is 6.61 Å². The Morgan fingerprint density at radius 1 is 1.12 bits per heavy atom. The fraction of sp³-hybridized carbons (Fsp3) is 0.154. The van der Waals surface area contributed by atoms with Crippen molar-refractivity contribution < 1.29 is 4.74 Å². The third-order valence-electron chi connectivity index (χ3n) is 2.19. The first-order valence-electron chi connectivity index (χ1n) is 5.14. The van der Waals surface area contributed by atoms with Gasteiger partial charge < -0.3 is 4.74 Å². The van der Waals surface area contributed by atoms with Gasteiger partial charge in [-0.15, -0.1) is 0 Å². The minimum atomic E-state index is 0.690. The zero-order valence-electron chi connectivity index (χ0n) is 8.98. The predicted molar refractivity (Wildman–Crippen MR) is 68.5 cm³/mol. The monoisotopic (exact) mass is 277 g/mol. The van der Waals surface area contributed by atoms with Crippen LogP contribution in [0.2, 0.25) is 0 Å². The van der Waals surface area contributed by atoms with Crippen LogP contribution in [0.5, 0.6) is 5.75 Å². The zero-order chi connectivity index (χ0) is 11.4. The Bertz CT molecular complexity index is 450. The molecule has 0 saturated carbocycles. The number of hydrogen-bond donors (Lipinski definition) is 0. The molecule has 0 fully saturated rings. The van der Waals surface area contributed by atoms with Gasteiger partial charge in [0.2, 0.25) is 0 Å². The average Bonchev–Trinajstić information content (AvgIpc) is 2.32. The van der Waals surface area contributed by atoms with Gasteiger partial charge in [-0.25, -0.2) is 0 Å². The fourth-order valence-corrected chi connectivity index (χ4v) is 1.67. The molecule has 1 aromatic heterocycles. The van der Waals surface area contributed by atoms with Crippen LogP contribution in [-0.4, -0.2) is 11.6 Å². The lowest BCUT2D eigenvalue weighted by Gasteiger charge is -2.04. The van der Waals surface area contributed by atoms with Crippen LogP contribution in [0, 0.1) is 0 Å². The van der Waals surface area contributed by atoms with E-state index in [1.54, 1.807) is 6.20 Å². The van der Waals surface area contributed by atoms with Crippen LogP contribution in [0.4, 0.5) is 0 Å². The molecule has 0 N–H and O–H groups in total. The average molecular weight is 278 g/mol. The lowest BCUT2D eigenvalue weighted by molar-refractivity contribution is 0.340. The molecule has 0 bridgehead atoms. The van der Waals surface area contributed by atoms with Gasteiger partial charge in [-0.05, 0) is 59.3 Å². The predicted octanol–water partition coefficient (Wildman–Crippen LogP) is 3.91. The second kappa shape index (κ2) is 5.12. The zero-order valence-corrected chi connectivity index (χ0v) is 10.6. The van der Waals surface area contributed by atoms with Gasteiger partial charge in [0, 0.05) is 16.2 Å². The first kappa shape index (κ1) is 11.1. The molecule has 0 aliphatic carbocycles. The standard InChI is InChI=1S/C13H12BrNO/c1-2-16-12-6-3-10(4-7-12)13-8-5-11(14)9-15-13/h3-9H,2H2,1H3. The molecule has 1 heterocycles. The van der Waals surface area contributed by atoms with E-state index in [0.717, 1.165) is 21.5 Å². The first-order chi connectivity index (χ1) is 7.79. The lowest BCUT2D eigenvalue weighted by atomic mass is 10.1. The normalized spacial score (nSPS) is 10.1. The molecule has 0 unspecified atom stereocenters. The minimum Gasteiger partial charge on any atom is -0.494 e. The molecular formula is C13H12BrNO. The Labute approximate surface area is 103 Å². The molecule has 1 aromatic carbocycles. The Hall–Kier alpha value is -1.35. The Balaban J connectivity index is 2.24. The topological polar surface area (TPSA) is 22.1 Å². The second-order valence-corrected chi connectivity index (χ2v) is 4.23. The fourth-order valence-electron chi connectivity index (χ4n) is 1.44. The van der Waals surface area contributed by atoms with Gasteiger partial charge in [-0.3, -0.25) is 4.98 Å². The smallest absolute Gasteiger partial charge is 0.119 e. The number of rotatable bonds is 3. The molecule has 0 amide bonds. The van der Waals surface area contributed by atoms with Crippen molar-refractivity contribution in [2.45, 2.75) is 6.92 Å². The molecule has 0 spiro atoms. The van der Waals surface area contributed by atoms with E-state index in [2.05, 4.69) is 20.9 Å². The minimum absolute atomic E-state index is 0.690. The van der Waals surface area contributed by atoms with Crippen molar-refractivity contribution in [1.29, 1.82) is 0 Å². The Morgan fingerprint density at radius 3 is 2.44 bits per heavy atom. The van der Waals surface area contributed by atoms with E-state index in [1.165, 1.54) is 0 Å². The van der Waals surface area contributed by atoms with Crippen molar-refractivity contribution in [2.24, 2.45) is 0 Å². The summed E-state index contributed by atoms with van der Waals surface area (Å²) in [5, 5.41) is 0. The highest BCUT2D eigenvalue weighted by atomic mass is 79.9. The SMILES string of the molecule is CCOc1ccc(-c2ccc(Br)cn2)cc1. The van der Waals surface area contributed by atoms with Gasteiger partial charge in [-0.2, -0.15) is 0 Å². The van der Waals surface area contributed by atoms with Crippen LogP contribution in [0.25, 0.3) is 11.3 Å². The maximum atomic E-state index is 5.39. The van der Waals surface area contributed by atoms with Crippen molar-refractivity contribution in [3.63, 3.8) is 0 Å². The molecule has 2 rings (SSSR count). The van der Waals surface area contributed by atoms with Crippen molar-refractivity contribution >= 4 is 15.9 Å². The van der Waals surface area contributed by atoms with Crippen molar-refractivity contribution in [3.8, 4) is 17.0 Å². The number of ether oxygens (including phenoxy) is 1. The number of aromatic nitrogens is 1. The van der Waals surface area contributed by atoms with Gasteiger partial charge in [0.05, 0.1) is 12.3 Å². The number of pyridine rings is 1. The van der Waals surface area contributed by atoms with Gasteiger partial charge in [0.15, 0.2) is 0 Å². The van der Waals surface area contributed by atoms with Crippen LogP contribution >= 0.6 is 15.9 Å². The molecular weight excluding hydrogens is 266 g/mol. The van der Waals surface area contributed by atoms with E-state index in [4.69, 9.17) is 4.74 Å². The maximum absolute atomic E-state index is 5.39. The second-order valence-electron chi connectivity index (χ2n) is 3.32. The maximum Gasteiger partial charge on any atom is 0.119 e. The van der Waals surface area contributed by atoms with E-state index >= 15 is 0 Å². The molecule has 0 radical (unpaired) electrons. The summed E-state index contributed by atoms with van der Waals surface area (Å²) in [4.78, 5) is 4.34. The quantitative estimate of drug-likeness (QED) is 0.849. The summed E-state index contributed by atoms with van der Waals surface area (Å²) in [6.45, 7) is 2.67. The Kier molecular flexibility index (Phi) is 3.57. The van der Waals surface area contributed by atoms with Crippen molar-refractivity contribution in [3.05, 3.63) is 47.1 Å². The summed E-state index contributed by atoms with van der Waals surface area (Å²) in [5.41, 5.74) is 2.06. The molecule has 2 aromatic rings. The lowest BCUT2D eigenvalue weighted by Crippen LogP contribution is -1.90. The molecule has 16 heavy (non-hydrogen) atoms. The van der Waals surface area contributed by atoms with Crippen LogP contribution in [0.3, 0.4) is 0 Å². The summed E-state index contributed by atoms with van der Waals surface area (Å²) in [6, 6.07) is 11.9. The molecule has 2 nitrogen and oxygen atoms in total. The molecule has 3 heteroatoms. The largest absolute Gasteiger partial charge is 0.494 e. The number of benzene rings is 1. The van der Waals surface area contributed by atoms with E-state index in [1.807, 2.05) is 43.3 Å². The first-order valence-corrected chi connectivity index (χ1v) is 5.93. The third kappa shape index (κ3) is 2.61. The van der Waals surface area contributed by atoms with E-state index in [0.29, 0.717) is 6.61 Å². The number of hydrogen-bond acceptors (Lipinski definition) is 2. The number of halogens is 1. The molecule has 0 aliphatic rings. The van der Waals surface area contributed by atoms with Gasteiger partial charge in [0.1, 0.15) is 5.75 Å². The van der Waals surface area contributed by atoms with Crippen LogP contribution in [0.15, 0.2) is 47.1 Å².